The molecule has 110 valence electrons. The van der Waals surface area contributed by atoms with Gasteiger partial charge in [0.05, 0.1) is 6.54 Å². The standard InChI is InChI=1S/C16H17ClN2O2/c17-14-8-6-13(7-9-14)12-19-16(20)18-10-11-21-15-4-2-1-3-5-15/h1-9H,10-12H2,(H2,18,19,20). The predicted molar refractivity (Wildman–Crippen MR) is 83.6 cm³/mol. The van der Waals surface area contributed by atoms with E-state index in [4.69, 9.17) is 16.3 Å². The second-order valence-corrected chi connectivity index (χ2v) is 4.83. The van der Waals surface area contributed by atoms with Crippen molar-refractivity contribution < 1.29 is 9.53 Å². The monoisotopic (exact) mass is 304 g/mol. The lowest BCUT2D eigenvalue weighted by Crippen LogP contribution is -2.37. The normalized spacial score (nSPS) is 9.95. The van der Waals surface area contributed by atoms with E-state index in [0.717, 1.165) is 11.3 Å². The lowest BCUT2D eigenvalue weighted by Gasteiger charge is -2.09. The van der Waals surface area contributed by atoms with E-state index in [9.17, 15) is 4.79 Å². The Bertz CT molecular complexity index is 558. The molecule has 0 atom stereocenters. The molecule has 0 spiro atoms. The van der Waals surface area contributed by atoms with Crippen molar-refractivity contribution >= 4 is 17.6 Å². The van der Waals surface area contributed by atoms with Gasteiger partial charge < -0.3 is 15.4 Å². The third-order valence-corrected chi connectivity index (χ3v) is 3.02. The SMILES string of the molecule is O=C(NCCOc1ccccc1)NCc1ccc(Cl)cc1. The summed E-state index contributed by atoms with van der Waals surface area (Å²) < 4.78 is 5.48. The molecular weight excluding hydrogens is 288 g/mol. The fourth-order valence-electron chi connectivity index (χ4n) is 1.70. The highest BCUT2D eigenvalue weighted by Gasteiger charge is 2.00. The third kappa shape index (κ3) is 5.75. The van der Waals surface area contributed by atoms with E-state index in [2.05, 4.69) is 10.6 Å². The first-order chi connectivity index (χ1) is 10.2. The number of urea groups is 1. The van der Waals surface area contributed by atoms with Crippen LogP contribution < -0.4 is 15.4 Å². The minimum atomic E-state index is -0.221. The van der Waals surface area contributed by atoms with Crippen LogP contribution in [0, 0.1) is 0 Å². The van der Waals surface area contributed by atoms with Gasteiger partial charge in [0.1, 0.15) is 12.4 Å². The van der Waals surface area contributed by atoms with Crippen molar-refractivity contribution in [2.45, 2.75) is 6.54 Å². The van der Waals surface area contributed by atoms with E-state index in [1.165, 1.54) is 0 Å². The van der Waals surface area contributed by atoms with Crippen LogP contribution in [0.1, 0.15) is 5.56 Å². The molecule has 0 heterocycles. The van der Waals surface area contributed by atoms with E-state index in [1.54, 1.807) is 12.1 Å². The zero-order chi connectivity index (χ0) is 14.9. The molecular formula is C16H17ClN2O2. The largest absolute Gasteiger partial charge is 0.492 e. The van der Waals surface area contributed by atoms with Gasteiger partial charge in [-0.2, -0.15) is 0 Å². The quantitative estimate of drug-likeness (QED) is 0.805. The molecule has 0 unspecified atom stereocenters. The van der Waals surface area contributed by atoms with Crippen LogP contribution in [0.4, 0.5) is 4.79 Å². The fourth-order valence-corrected chi connectivity index (χ4v) is 1.82. The fraction of sp³-hybridized carbons (Fsp3) is 0.188. The molecule has 0 aliphatic heterocycles. The number of carbonyl (C=O) groups excluding carboxylic acids is 1. The molecule has 0 aliphatic rings. The summed E-state index contributed by atoms with van der Waals surface area (Å²) in [4.78, 5) is 11.6. The second kappa shape index (κ2) is 8.17. The highest BCUT2D eigenvalue weighted by atomic mass is 35.5. The molecule has 2 aromatic carbocycles. The summed E-state index contributed by atoms with van der Waals surface area (Å²) in [6.45, 7) is 1.34. The van der Waals surface area contributed by atoms with E-state index in [-0.39, 0.29) is 6.03 Å². The summed E-state index contributed by atoms with van der Waals surface area (Å²) >= 11 is 5.80. The second-order valence-electron chi connectivity index (χ2n) is 4.40. The lowest BCUT2D eigenvalue weighted by atomic mass is 10.2. The molecule has 4 nitrogen and oxygen atoms in total. The molecule has 0 aliphatic carbocycles. The number of nitrogens with one attached hydrogen (secondary N) is 2. The number of amides is 2. The van der Waals surface area contributed by atoms with Crippen LogP contribution in [0.25, 0.3) is 0 Å². The lowest BCUT2D eigenvalue weighted by molar-refractivity contribution is 0.236. The Balaban J connectivity index is 1.60. The molecule has 21 heavy (non-hydrogen) atoms. The van der Waals surface area contributed by atoms with Crippen molar-refractivity contribution in [3.63, 3.8) is 0 Å². The molecule has 5 heteroatoms. The summed E-state index contributed by atoms with van der Waals surface area (Å²) in [6.07, 6.45) is 0. The van der Waals surface area contributed by atoms with Gasteiger partial charge in [-0.05, 0) is 29.8 Å². The number of hydrogen-bond donors (Lipinski definition) is 2. The van der Waals surface area contributed by atoms with Gasteiger partial charge in [-0.15, -0.1) is 0 Å². The van der Waals surface area contributed by atoms with Gasteiger partial charge in [0.15, 0.2) is 0 Å². The first kappa shape index (κ1) is 15.2. The number of benzene rings is 2. The van der Waals surface area contributed by atoms with Gasteiger partial charge in [0, 0.05) is 11.6 Å². The van der Waals surface area contributed by atoms with Gasteiger partial charge in [0.2, 0.25) is 0 Å². The van der Waals surface area contributed by atoms with Crippen LogP contribution in [0.15, 0.2) is 54.6 Å². The van der Waals surface area contributed by atoms with E-state index >= 15 is 0 Å². The van der Waals surface area contributed by atoms with Crippen LogP contribution in [0.5, 0.6) is 5.75 Å². The van der Waals surface area contributed by atoms with Crippen LogP contribution in [-0.2, 0) is 6.54 Å². The molecule has 0 bridgehead atoms. The third-order valence-electron chi connectivity index (χ3n) is 2.77. The zero-order valence-electron chi connectivity index (χ0n) is 11.5. The summed E-state index contributed by atoms with van der Waals surface area (Å²) in [5.74, 6) is 0.792. The smallest absolute Gasteiger partial charge is 0.315 e. The number of halogens is 1. The van der Waals surface area contributed by atoms with Crippen molar-refractivity contribution in [3.05, 3.63) is 65.2 Å². The minimum absolute atomic E-state index is 0.221. The molecule has 2 rings (SSSR count). The zero-order valence-corrected chi connectivity index (χ0v) is 12.3. The van der Waals surface area contributed by atoms with Crippen molar-refractivity contribution in [3.8, 4) is 5.75 Å². The molecule has 2 N–H and O–H groups in total. The number of ether oxygens (including phenoxy) is 1. The van der Waals surface area contributed by atoms with Crippen LogP contribution in [0.3, 0.4) is 0 Å². The number of hydrogen-bond acceptors (Lipinski definition) is 2. The number of carbonyl (C=O) groups is 1. The summed E-state index contributed by atoms with van der Waals surface area (Å²) in [5, 5.41) is 6.18. The van der Waals surface area contributed by atoms with Gasteiger partial charge in [0.25, 0.3) is 0 Å². The minimum Gasteiger partial charge on any atom is -0.492 e. The summed E-state index contributed by atoms with van der Waals surface area (Å²) in [7, 11) is 0. The Kier molecular flexibility index (Phi) is 5.91. The molecule has 0 radical (unpaired) electrons. The average Bonchev–Trinajstić information content (AvgIpc) is 2.52. The molecule has 2 aromatic rings. The Morgan fingerprint density at radius 1 is 1.00 bits per heavy atom. The van der Waals surface area contributed by atoms with E-state index in [1.807, 2.05) is 42.5 Å². The van der Waals surface area contributed by atoms with Crippen LogP contribution in [-0.4, -0.2) is 19.2 Å². The van der Waals surface area contributed by atoms with Gasteiger partial charge in [-0.25, -0.2) is 4.79 Å². The molecule has 0 saturated heterocycles. The van der Waals surface area contributed by atoms with Crippen LogP contribution >= 0.6 is 11.6 Å². The Morgan fingerprint density at radius 3 is 2.43 bits per heavy atom. The maximum Gasteiger partial charge on any atom is 0.315 e. The number of para-hydroxylation sites is 1. The maximum atomic E-state index is 11.6. The topological polar surface area (TPSA) is 50.4 Å². The van der Waals surface area contributed by atoms with Gasteiger partial charge in [-0.1, -0.05) is 41.9 Å². The first-order valence-electron chi connectivity index (χ1n) is 6.68. The van der Waals surface area contributed by atoms with Crippen LogP contribution in [0.2, 0.25) is 5.02 Å². The predicted octanol–water partition coefficient (Wildman–Crippen LogP) is 3.22. The highest BCUT2D eigenvalue weighted by Crippen LogP contribution is 2.09. The Morgan fingerprint density at radius 2 is 1.71 bits per heavy atom. The average molecular weight is 305 g/mol. The summed E-state index contributed by atoms with van der Waals surface area (Å²) in [5.41, 5.74) is 0.995. The maximum absolute atomic E-state index is 11.6. The van der Waals surface area contributed by atoms with Gasteiger partial charge >= 0.3 is 6.03 Å². The summed E-state index contributed by atoms with van der Waals surface area (Å²) in [6, 6.07) is 16.6. The van der Waals surface area contributed by atoms with Crippen molar-refractivity contribution in [2.24, 2.45) is 0 Å². The Hall–Kier alpha value is -2.20. The van der Waals surface area contributed by atoms with Gasteiger partial charge in [-0.3, -0.25) is 0 Å². The Labute approximate surface area is 129 Å². The van der Waals surface area contributed by atoms with Crippen molar-refractivity contribution in [1.82, 2.24) is 10.6 Å². The highest BCUT2D eigenvalue weighted by molar-refractivity contribution is 6.30. The molecule has 0 fully saturated rings. The molecule has 0 saturated carbocycles. The molecule has 0 aromatic heterocycles. The first-order valence-corrected chi connectivity index (χ1v) is 7.06. The van der Waals surface area contributed by atoms with E-state index in [0.29, 0.717) is 24.7 Å². The van der Waals surface area contributed by atoms with Crippen molar-refractivity contribution in [2.75, 3.05) is 13.2 Å². The number of rotatable bonds is 6. The van der Waals surface area contributed by atoms with Crippen molar-refractivity contribution in [1.29, 1.82) is 0 Å². The van der Waals surface area contributed by atoms with E-state index < -0.39 is 0 Å². The molecule has 2 amide bonds.